The predicted octanol–water partition coefficient (Wildman–Crippen LogP) is 3.50. The first-order chi connectivity index (χ1) is 9.43. The molecule has 3 heteroatoms. The van der Waals surface area contributed by atoms with E-state index in [1.807, 2.05) is 32.0 Å². The summed E-state index contributed by atoms with van der Waals surface area (Å²) in [5.41, 5.74) is 1.43. The van der Waals surface area contributed by atoms with Crippen LogP contribution in [0, 0.1) is 6.92 Å². The molecule has 0 fully saturated rings. The molecule has 0 bridgehead atoms. The second kappa shape index (κ2) is 7.44. The number of carbonyl (C=O) groups is 1. The summed E-state index contributed by atoms with van der Waals surface area (Å²) < 4.78 is 0. The van der Waals surface area contributed by atoms with Crippen LogP contribution in [0.1, 0.15) is 44.7 Å². The standard InChI is InChI=1S/C17H27NO2/c1-5-10-18(11-6-2)17(4,16(19)20)13-15-9-7-8-14(3)12-15/h7-9,12H,5-6,10-11,13H2,1-4H3,(H,19,20). The molecule has 0 heterocycles. The molecular weight excluding hydrogens is 250 g/mol. The van der Waals surface area contributed by atoms with E-state index in [1.54, 1.807) is 0 Å². The molecule has 112 valence electrons. The maximum absolute atomic E-state index is 11.9. The molecule has 20 heavy (non-hydrogen) atoms. The summed E-state index contributed by atoms with van der Waals surface area (Å²) in [7, 11) is 0. The zero-order valence-electron chi connectivity index (χ0n) is 13.1. The Bertz CT molecular complexity index is 438. The summed E-state index contributed by atoms with van der Waals surface area (Å²) in [4.78, 5) is 14.0. The zero-order chi connectivity index (χ0) is 15.2. The lowest BCUT2D eigenvalue weighted by Gasteiger charge is -2.38. The first-order valence-corrected chi connectivity index (χ1v) is 7.48. The number of carboxylic acid groups (broad SMARTS) is 1. The van der Waals surface area contributed by atoms with E-state index in [-0.39, 0.29) is 0 Å². The molecule has 0 amide bonds. The quantitative estimate of drug-likeness (QED) is 0.790. The lowest BCUT2D eigenvalue weighted by atomic mass is 9.89. The Hall–Kier alpha value is -1.35. The van der Waals surface area contributed by atoms with Crippen LogP contribution in [0.5, 0.6) is 0 Å². The third kappa shape index (κ3) is 4.07. The molecule has 0 radical (unpaired) electrons. The van der Waals surface area contributed by atoms with E-state index < -0.39 is 11.5 Å². The largest absolute Gasteiger partial charge is 0.480 e. The van der Waals surface area contributed by atoms with Crippen LogP contribution in [-0.2, 0) is 11.2 Å². The SMILES string of the molecule is CCCN(CCC)C(C)(Cc1cccc(C)c1)C(=O)O. The molecule has 0 aliphatic heterocycles. The van der Waals surface area contributed by atoms with Gasteiger partial charge in [-0.05, 0) is 45.3 Å². The van der Waals surface area contributed by atoms with Crippen molar-refractivity contribution >= 4 is 5.97 Å². The third-order valence-corrected chi connectivity index (χ3v) is 3.78. The van der Waals surface area contributed by atoms with Crippen molar-refractivity contribution in [1.82, 2.24) is 4.90 Å². The molecule has 0 aliphatic carbocycles. The molecule has 1 unspecified atom stereocenters. The van der Waals surface area contributed by atoms with Crippen LogP contribution in [-0.4, -0.2) is 34.6 Å². The number of hydrogen-bond donors (Lipinski definition) is 1. The molecular formula is C17H27NO2. The molecule has 0 saturated heterocycles. The van der Waals surface area contributed by atoms with Gasteiger partial charge in [-0.15, -0.1) is 0 Å². The van der Waals surface area contributed by atoms with E-state index >= 15 is 0 Å². The minimum atomic E-state index is -0.834. The van der Waals surface area contributed by atoms with Gasteiger partial charge >= 0.3 is 5.97 Å². The van der Waals surface area contributed by atoms with Crippen molar-refractivity contribution in [2.24, 2.45) is 0 Å². The van der Waals surface area contributed by atoms with Crippen LogP contribution < -0.4 is 0 Å². The Labute approximate surface area is 122 Å². The Morgan fingerprint density at radius 1 is 1.25 bits per heavy atom. The molecule has 1 atom stereocenters. The maximum atomic E-state index is 11.9. The number of hydrogen-bond acceptors (Lipinski definition) is 2. The number of aryl methyl sites for hydroxylation is 1. The van der Waals surface area contributed by atoms with Crippen LogP contribution in [0.3, 0.4) is 0 Å². The van der Waals surface area contributed by atoms with Gasteiger partial charge < -0.3 is 5.11 Å². The smallest absolute Gasteiger partial charge is 0.324 e. The highest BCUT2D eigenvalue weighted by atomic mass is 16.4. The summed E-state index contributed by atoms with van der Waals surface area (Å²) in [6.45, 7) is 9.72. The number of carboxylic acids is 1. The molecule has 1 rings (SSSR count). The summed E-state index contributed by atoms with van der Waals surface area (Å²) in [5, 5.41) is 9.75. The maximum Gasteiger partial charge on any atom is 0.324 e. The van der Waals surface area contributed by atoms with Crippen LogP contribution in [0.25, 0.3) is 0 Å². The minimum absolute atomic E-state index is 0.546. The van der Waals surface area contributed by atoms with Crippen molar-refractivity contribution in [2.75, 3.05) is 13.1 Å². The normalized spacial score (nSPS) is 14.2. The summed E-state index contributed by atoms with van der Waals surface area (Å²) in [5.74, 6) is -0.735. The van der Waals surface area contributed by atoms with Crippen molar-refractivity contribution in [3.8, 4) is 0 Å². The Balaban J connectivity index is 3.03. The van der Waals surface area contributed by atoms with Crippen molar-refractivity contribution < 1.29 is 9.90 Å². The minimum Gasteiger partial charge on any atom is -0.480 e. The van der Waals surface area contributed by atoms with E-state index in [0.29, 0.717) is 6.42 Å². The van der Waals surface area contributed by atoms with Crippen LogP contribution in [0.15, 0.2) is 24.3 Å². The average molecular weight is 277 g/mol. The lowest BCUT2D eigenvalue weighted by molar-refractivity contribution is -0.150. The van der Waals surface area contributed by atoms with Crippen molar-refractivity contribution in [3.05, 3.63) is 35.4 Å². The van der Waals surface area contributed by atoms with E-state index in [4.69, 9.17) is 0 Å². The third-order valence-electron chi connectivity index (χ3n) is 3.78. The first kappa shape index (κ1) is 16.7. The van der Waals surface area contributed by atoms with Crippen molar-refractivity contribution in [3.63, 3.8) is 0 Å². The molecule has 0 spiro atoms. The lowest BCUT2D eigenvalue weighted by Crippen LogP contribution is -2.54. The molecule has 1 aromatic rings. The Morgan fingerprint density at radius 2 is 1.85 bits per heavy atom. The average Bonchev–Trinajstić information content (AvgIpc) is 2.38. The van der Waals surface area contributed by atoms with Crippen molar-refractivity contribution in [1.29, 1.82) is 0 Å². The van der Waals surface area contributed by atoms with Gasteiger partial charge in [-0.3, -0.25) is 9.69 Å². The summed E-state index contributed by atoms with van der Waals surface area (Å²) in [6.07, 6.45) is 2.48. The van der Waals surface area contributed by atoms with Gasteiger partial charge in [0.15, 0.2) is 0 Å². The fourth-order valence-corrected chi connectivity index (χ4v) is 2.69. The number of nitrogens with zero attached hydrogens (tertiary/aromatic N) is 1. The van der Waals surface area contributed by atoms with Crippen LogP contribution in [0.2, 0.25) is 0 Å². The van der Waals surface area contributed by atoms with E-state index in [1.165, 1.54) is 5.56 Å². The highest BCUT2D eigenvalue weighted by Gasteiger charge is 2.38. The number of aliphatic carboxylic acids is 1. The van der Waals surface area contributed by atoms with Gasteiger partial charge in [-0.2, -0.15) is 0 Å². The molecule has 1 N–H and O–H groups in total. The first-order valence-electron chi connectivity index (χ1n) is 7.48. The fraction of sp³-hybridized carbons (Fsp3) is 0.588. The predicted molar refractivity (Wildman–Crippen MR) is 83.1 cm³/mol. The Kier molecular flexibility index (Phi) is 6.21. The second-order valence-electron chi connectivity index (χ2n) is 5.73. The van der Waals surface area contributed by atoms with Gasteiger partial charge in [-0.1, -0.05) is 43.7 Å². The monoisotopic (exact) mass is 277 g/mol. The number of rotatable bonds is 8. The number of benzene rings is 1. The molecule has 3 nitrogen and oxygen atoms in total. The highest BCUT2D eigenvalue weighted by molar-refractivity contribution is 5.78. The van der Waals surface area contributed by atoms with E-state index in [2.05, 4.69) is 24.8 Å². The molecule has 1 aromatic carbocycles. The Morgan fingerprint density at radius 3 is 2.30 bits per heavy atom. The van der Waals surface area contributed by atoms with Gasteiger partial charge in [0.1, 0.15) is 5.54 Å². The topological polar surface area (TPSA) is 40.5 Å². The van der Waals surface area contributed by atoms with Crippen LogP contribution in [0.4, 0.5) is 0 Å². The second-order valence-corrected chi connectivity index (χ2v) is 5.73. The summed E-state index contributed by atoms with van der Waals surface area (Å²) >= 11 is 0. The van der Waals surface area contributed by atoms with E-state index in [0.717, 1.165) is 31.5 Å². The molecule has 0 aromatic heterocycles. The molecule has 0 saturated carbocycles. The highest BCUT2D eigenvalue weighted by Crippen LogP contribution is 2.23. The van der Waals surface area contributed by atoms with Gasteiger partial charge in [-0.25, -0.2) is 0 Å². The summed E-state index contributed by atoms with van der Waals surface area (Å²) in [6, 6.07) is 8.13. The van der Waals surface area contributed by atoms with Gasteiger partial charge in [0.2, 0.25) is 0 Å². The van der Waals surface area contributed by atoms with Crippen molar-refractivity contribution in [2.45, 2.75) is 52.5 Å². The fourth-order valence-electron chi connectivity index (χ4n) is 2.69. The molecule has 0 aliphatic rings. The van der Waals surface area contributed by atoms with Gasteiger partial charge in [0.25, 0.3) is 0 Å². The van der Waals surface area contributed by atoms with Crippen LogP contribution >= 0.6 is 0 Å². The zero-order valence-corrected chi connectivity index (χ0v) is 13.1. The van der Waals surface area contributed by atoms with Gasteiger partial charge in [0, 0.05) is 6.42 Å². The van der Waals surface area contributed by atoms with Gasteiger partial charge in [0.05, 0.1) is 0 Å². The van der Waals surface area contributed by atoms with E-state index in [9.17, 15) is 9.90 Å².